The zero-order valence-electron chi connectivity index (χ0n) is 12.7. The molecule has 0 aliphatic carbocycles. The molecule has 0 saturated carbocycles. The quantitative estimate of drug-likeness (QED) is 0.565. The molecule has 3 aromatic rings. The van der Waals surface area contributed by atoms with E-state index in [-0.39, 0.29) is 5.91 Å². The molecule has 0 aliphatic rings. The molecule has 0 atom stereocenters. The zero-order chi connectivity index (χ0) is 17.8. The monoisotopic (exact) mass is 420 g/mol. The van der Waals surface area contributed by atoms with Crippen molar-refractivity contribution in [3.8, 4) is 11.3 Å². The Balaban J connectivity index is 1.68. The topological polar surface area (TPSA) is 42.0 Å². The molecule has 1 heterocycles. The Morgan fingerprint density at radius 3 is 2.76 bits per heavy atom. The molecule has 3 nitrogen and oxygen atoms in total. The lowest BCUT2D eigenvalue weighted by atomic mass is 10.2. The summed E-state index contributed by atoms with van der Waals surface area (Å²) in [6.45, 7) is 0. The molecule has 25 heavy (non-hydrogen) atoms. The van der Waals surface area contributed by atoms with Gasteiger partial charge in [0.25, 0.3) is 0 Å². The number of anilines is 1. The molecule has 0 spiro atoms. The number of hydrogen-bond acceptors (Lipinski definition) is 3. The zero-order valence-corrected chi connectivity index (χ0v) is 15.1. The second kappa shape index (κ2) is 7.67. The number of nitrogens with zero attached hydrogens (tertiary/aromatic N) is 1. The summed E-state index contributed by atoms with van der Waals surface area (Å²) in [6, 6.07) is 11.1. The van der Waals surface area contributed by atoms with E-state index in [0.29, 0.717) is 16.4 Å². The minimum Gasteiger partial charge on any atom is -0.298 e. The lowest BCUT2D eigenvalue weighted by molar-refractivity contribution is -0.111. The van der Waals surface area contributed by atoms with Crippen LogP contribution in [0, 0.1) is 11.6 Å². The maximum Gasteiger partial charge on any atom is 0.250 e. The number of carbonyl (C=O) groups excluding carboxylic acids is 1. The SMILES string of the molecule is O=C(/C=C/c1cccc(Br)c1)Nc1nc(-c2ccc(F)c(F)c2)cs1. The average molecular weight is 421 g/mol. The predicted molar refractivity (Wildman–Crippen MR) is 99.3 cm³/mol. The van der Waals surface area contributed by atoms with Gasteiger partial charge in [-0.2, -0.15) is 0 Å². The van der Waals surface area contributed by atoms with Crippen LogP contribution in [0.25, 0.3) is 17.3 Å². The molecule has 0 saturated heterocycles. The summed E-state index contributed by atoms with van der Waals surface area (Å²) < 4.78 is 27.2. The molecule has 2 aromatic carbocycles. The second-order valence-corrected chi connectivity index (χ2v) is 6.82. The van der Waals surface area contributed by atoms with Crippen molar-refractivity contribution in [2.45, 2.75) is 0 Å². The van der Waals surface area contributed by atoms with Crippen molar-refractivity contribution >= 4 is 44.4 Å². The van der Waals surface area contributed by atoms with E-state index in [1.54, 1.807) is 11.5 Å². The molecule has 7 heteroatoms. The smallest absolute Gasteiger partial charge is 0.250 e. The summed E-state index contributed by atoms with van der Waals surface area (Å²) in [5, 5.41) is 4.69. The Morgan fingerprint density at radius 2 is 2.00 bits per heavy atom. The first-order valence-corrected chi connectivity index (χ1v) is 8.84. The third kappa shape index (κ3) is 4.58. The highest BCUT2D eigenvalue weighted by atomic mass is 79.9. The molecule has 0 fully saturated rings. The number of nitrogens with one attached hydrogen (secondary N) is 1. The summed E-state index contributed by atoms with van der Waals surface area (Å²) >= 11 is 4.57. The Hall–Kier alpha value is -2.38. The van der Waals surface area contributed by atoms with Crippen molar-refractivity contribution in [3.05, 3.63) is 75.6 Å². The van der Waals surface area contributed by atoms with Gasteiger partial charge in [0.05, 0.1) is 5.69 Å². The van der Waals surface area contributed by atoms with Crippen molar-refractivity contribution < 1.29 is 13.6 Å². The second-order valence-electron chi connectivity index (χ2n) is 5.04. The van der Waals surface area contributed by atoms with Gasteiger partial charge in [0.2, 0.25) is 5.91 Å². The van der Waals surface area contributed by atoms with Crippen LogP contribution < -0.4 is 5.32 Å². The molecule has 1 amide bonds. The van der Waals surface area contributed by atoms with E-state index in [1.165, 1.54) is 23.5 Å². The van der Waals surface area contributed by atoms with E-state index in [2.05, 4.69) is 26.2 Å². The van der Waals surface area contributed by atoms with E-state index in [9.17, 15) is 13.6 Å². The van der Waals surface area contributed by atoms with Crippen LogP contribution in [0.5, 0.6) is 0 Å². The van der Waals surface area contributed by atoms with Crippen LogP contribution in [0.1, 0.15) is 5.56 Å². The van der Waals surface area contributed by atoms with Gasteiger partial charge >= 0.3 is 0 Å². The van der Waals surface area contributed by atoms with E-state index in [0.717, 1.165) is 22.2 Å². The number of rotatable bonds is 4. The summed E-state index contributed by atoms with van der Waals surface area (Å²) in [4.78, 5) is 16.2. The fraction of sp³-hybridized carbons (Fsp3) is 0. The van der Waals surface area contributed by atoms with Gasteiger partial charge in [-0.1, -0.05) is 28.1 Å². The molecule has 0 radical (unpaired) electrons. The van der Waals surface area contributed by atoms with Crippen molar-refractivity contribution in [3.63, 3.8) is 0 Å². The number of hydrogen-bond donors (Lipinski definition) is 1. The van der Waals surface area contributed by atoms with Crippen LogP contribution in [0.2, 0.25) is 0 Å². The minimum atomic E-state index is -0.937. The van der Waals surface area contributed by atoms with Crippen molar-refractivity contribution in [1.29, 1.82) is 0 Å². The van der Waals surface area contributed by atoms with Crippen LogP contribution in [0.15, 0.2) is 58.4 Å². The van der Waals surface area contributed by atoms with E-state index in [4.69, 9.17) is 0 Å². The van der Waals surface area contributed by atoms with Gasteiger partial charge in [0.1, 0.15) is 0 Å². The van der Waals surface area contributed by atoms with Gasteiger partial charge in [-0.25, -0.2) is 13.8 Å². The molecule has 0 aliphatic heterocycles. The number of carbonyl (C=O) groups is 1. The largest absolute Gasteiger partial charge is 0.298 e. The Morgan fingerprint density at radius 1 is 1.16 bits per heavy atom. The van der Waals surface area contributed by atoms with Crippen LogP contribution in [-0.4, -0.2) is 10.9 Å². The third-order valence-corrected chi connectivity index (χ3v) is 4.48. The first-order valence-electron chi connectivity index (χ1n) is 7.17. The Bertz CT molecular complexity index is 956. The Kier molecular flexibility index (Phi) is 5.35. The summed E-state index contributed by atoms with van der Waals surface area (Å²) in [7, 11) is 0. The highest BCUT2D eigenvalue weighted by Gasteiger charge is 2.09. The van der Waals surface area contributed by atoms with Crippen LogP contribution >= 0.6 is 27.3 Å². The third-order valence-electron chi connectivity index (χ3n) is 3.23. The summed E-state index contributed by atoms with van der Waals surface area (Å²) in [5.74, 6) is -2.18. The lowest BCUT2D eigenvalue weighted by Gasteiger charge is -1.99. The highest BCUT2D eigenvalue weighted by Crippen LogP contribution is 2.26. The van der Waals surface area contributed by atoms with Gasteiger partial charge in [0.15, 0.2) is 16.8 Å². The number of benzene rings is 2. The van der Waals surface area contributed by atoms with E-state index in [1.807, 2.05) is 24.3 Å². The van der Waals surface area contributed by atoms with Crippen molar-refractivity contribution in [2.24, 2.45) is 0 Å². The maximum absolute atomic E-state index is 13.3. The molecule has 1 N–H and O–H groups in total. The van der Waals surface area contributed by atoms with Gasteiger partial charge in [-0.3, -0.25) is 10.1 Å². The molecule has 0 bridgehead atoms. The van der Waals surface area contributed by atoms with Crippen LogP contribution in [-0.2, 0) is 4.79 Å². The van der Waals surface area contributed by atoms with E-state index >= 15 is 0 Å². The van der Waals surface area contributed by atoms with Crippen molar-refractivity contribution in [2.75, 3.05) is 5.32 Å². The number of thiazole rings is 1. The molecular formula is C18H11BrF2N2OS. The predicted octanol–water partition coefficient (Wildman–Crippen LogP) is 5.50. The lowest BCUT2D eigenvalue weighted by Crippen LogP contribution is -2.07. The van der Waals surface area contributed by atoms with Gasteiger partial charge < -0.3 is 0 Å². The first-order chi connectivity index (χ1) is 12.0. The first kappa shape index (κ1) is 17.4. The van der Waals surface area contributed by atoms with Gasteiger partial charge in [-0.15, -0.1) is 11.3 Å². The highest BCUT2D eigenvalue weighted by molar-refractivity contribution is 9.10. The maximum atomic E-state index is 13.3. The Labute approximate surface area is 155 Å². The van der Waals surface area contributed by atoms with Crippen LogP contribution in [0.3, 0.4) is 0 Å². The number of amides is 1. The number of halogens is 3. The normalized spacial score (nSPS) is 11.0. The van der Waals surface area contributed by atoms with Gasteiger partial charge in [0, 0.05) is 21.5 Å². The summed E-state index contributed by atoms with van der Waals surface area (Å²) in [5.41, 5.74) is 1.79. The fourth-order valence-corrected chi connectivity index (χ4v) is 3.19. The average Bonchev–Trinajstić information content (AvgIpc) is 3.04. The molecule has 126 valence electrons. The molecule has 3 rings (SSSR count). The van der Waals surface area contributed by atoms with Crippen molar-refractivity contribution in [1.82, 2.24) is 4.98 Å². The van der Waals surface area contributed by atoms with Gasteiger partial charge in [-0.05, 0) is 42.0 Å². The van der Waals surface area contributed by atoms with E-state index < -0.39 is 11.6 Å². The number of aromatic nitrogens is 1. The fourth-order valence-electron chi connectivity index (χ4n) is 2.05. The standard InChI is InChI=1S/C18H11BrF2N2OS/c19-13-3-1-2-11(8-13)4-7-17(24)23-18-22-16(10-25-18)12-5-6-14(20)15(21)9-12/h1-10H,(H,22,23,24)/b7-4+. The minimum absolute atomic E-state index is 0.328. The van der Waals surface area contributed by atoms with Crippen LogP contribution in [0.4, 0.5) is 13.9 Å². The molecule has 1 aromatic heterocycles. The molecular weight excluding hydrogens is 410 g/mol. The molecule has 0 unspecified atom stereocenters. The summed E-state index contributed by atoms with van der Waals surface area (Å²) in [6.07, 6.45) is 3.09.